The molecule has 0 unspecified atom stereocenters. The van der Waals surface area contributed by atoms with Gasteiger partial charge in [0.2, 0.25) is 5.91 Å². The van der Waals surface area contributed by atoms with Crippen molar-refractivity contribution in [1.29, 1.82) is 0 Å². The number of rotatable bonds is 6. The number of alkyl halides is 3. The van der Waals surface area contributed by atoms with E-state index in [1.54, 1.807) is 29.2 Å². The Labute approximate surface area is 172 Å². The number of benzene rings is 2. The molecule has 2 amide bonds. The lowest BCUT2D eigenvalue weighted by atomic mass is 9.94. The van der Waals surface area contributed by atoms with Crippen LogP contribution in [0.3, 0.4) is 0 Å². The number of nitrogens with zero attached hydrogens (tertiary/aromatic N) is 1. The summed E-state index contributed by atoms with van der Waals surface area (Å²) in [5.74, 6) is -0.846. The van der Waals surface area contributed by atoms with Crippen molar-refractivity contribution in [3.8, 4) is 0 Å². The van der Waals surface area contributed by atoms with Gasteiger partial charge in [0.15, 0.2) is 5.60 Å². The van der Waals surface area contributed by atoms with Gasteiger partial charge in [0.05, 0.1) is 6.04 Å². The van der Waals surface area contributed by atoms with Gasteiger partial charge < -0.3 is 15.7 Å². The van der Waals surface area contributed by atoms with Crippen LogP contribution in [0, 0.1) is 0 Å². The van der Waals surface area contributed by atoms with Crippen LogP contribution < -0.4 is 5.73 Å². The van der Waals surface area contributed by atoms with Gasteiger partial charge in [-0.1, -0.05) is 24.3 Å². The lowest BCUT2D eigenvalue weighted by Crippen LogP contribution is -2.39. The molecule has 2 aromatic rings. The molecule has 1 saturated carbocycles. The van der Waals surface area contributed by atoms with Gasteiger partial charge in [-0.05, 0) is 62.1 Å². The highest BCUT2D eigenvalue weighted by Gasteiger charge is 2.51. The van der Waals surface area contributed by atoms with Crippen molar-refractivity contribution in [3.63, 3.8) is 0 Å². The molecule has 2 atom stereocenters. The molecule has 5 nitrogen and oxygen atoms in total. The van der Waals surface area contributed by atoms with Gasteiger partial charge in [-0.2, -0.15) is 13.2 Å². The summed E-state index contributed by atoms with van der Waals surface area (Å²) < 4.78 is 39.1. The number of hydrogen-bond donors (Lipinski definition) is 2. The van der Waals surface area contributed by atoms with E-state index in [0.717, 1.165) is 30.5 Å². The Balaban J connectivity index is 1.85. The first-order valence-electron chi connectivity index (χ1n) is 9.55. The molecule has 0 spiro atoms. The first kappa shape index (κ1) is 21.8. The fourth-order valence-corrected chi connectivity index (χ4v) is 3.35. The summed E-state index contributed by atoms with van der Waals surface area (Å²) in [7, 11) is 0. The van der Waals surface area contributed by atoms with E-state index in [1.807, 2.05) is 6.92 Å². The van der Waals surface area contributed by atoms with E-state index in [4.69, 9.17) is 5.73 Å². The number of carbonyl (C=O) groups is 2. The average Bonchev–Trinajstić information content (AvgIpc) is 3.52. The van der Waals surface area contributed by atoms with Crippen molar-refractivity contribution in [2.24, 2.45) is 5.73 Å². The van der Waals surface area contributed by atoms with Crippen LogP contribution in [0.2, 0.25) is 0 Å². The molecule has 1 aliphatic rings. The Morgan fingerprint density at radius 3 is 1.97 bits per heavy atom. The van der Waals surface area contributed by atoms with Gasteiger partial charge in [-0.3, -0.25) is 9.59 Å². The molecule has 0 saturated heterocycles. The molecule has 1 fully saturated rings. The van der Waals surface area contributed by atoms with Crippen LogP contribution in [0.1, 0.15) is 64.6 Å². The second-order valence-corrected chi connectivity index (χ2v) is 7.75. The standard InChI is InChI=1S/C22H23F3N2O3/c1-13(14-3-5-15(6-4-14)19(26)28)27(18-11-12-18)20(29)16-7-9-17(10-8-16)21(2,30)22(23,24)25/h3-10,13,18,30H,11-12H2,1-2H3,(H2,26,28)/t13-,21-/m0/s1. The highest BCUT2D eigenvalue weighted by molar-refractivity contribution is 5.95. The molecular formula is C22H23F3N2O3. The van der Waals surface area contributed by atoms with E-state index >= 15 is 0 Å². The van der Waals surface area contributed by atoms with E-state index in [1.165, 1.54) is 12.1 Å². The molecule has 3 N–H and O–H groups in total. The summed E-state index contributed by atoms with van der Waals surface area (Å²) in [6, 6.07) is 11.2. The molecule has 0 bridgehead atoms. The molecule has 0 aliphatic heterocycles. The normalized spacial score (nSPS) is 17.1. The third-order valence-corrected chi connectivity index (χ3v) is 5.52. The minimum absolute atomic E-state index is 0.0428. The highest BCUT2D eigenvalue weighted by Crippen LogP contribution is 2.39. The topological polar surface area (TPSA) is 83.6 Å². The van der Waals surface area contributed by atoms with Gasteiger partial charge in [-0.25, -0.2) is 0 Å². The molecule has 2 aromatic carbocycles. The summed E-state index contributed by atoms with van der Waals surface area (Å²) in [6.45, 7) is 2.54. The van der Waals surface area contributed by atoms with Crippen LogP contribution in [-0.4, -0.2) is 34.0 Å². The Morgan fingerprint density at radius 1 is 1.03 bits per heavy atom. The zero-order valence-corrected chi connectivity index (χ0v) is 16.6. The van der Waals surface area contributed by atoms with E-state index in [2.05, 4.69) is 0 Å². The Bertz CT molecular complexity index is 934. The smallest absolute Gasteiger partial charge is 0.376 e. The lowest BCUT2D eigenvalue weighted by Gasteiger charge is -2.30. The Morgan fingerprint density at radius 2 is 1.53 bits per heavy atom. The van der Waals surface area contributed by atoms with Crippen molar-refractivity contribution in [1.82, 2.24) is 4.90 Å². The summed E-state index contributed by atoms with van der Waals surface area (Å²) in [5, 5.41) is 9.80. The van der Waals surface area contributed by atoms with E-state index in [0.29, 0.717) is 12.5 Å². The van der Waals surface area contributed by atoms with E-state index in [-0.39, 0.29) is 29.1 Å². The first-order valence-corrected chi connectivity index (χ1v) is 9.55. The van der Waals surface area contributed by atoms with Gasteiger partial charge >= 0.3 is 6.18 Å². The monoisotopic (exact) mass is 420 g/mol. The second kappa shape index (κ2) is 7.75. The summed E-state index contributed by atoms with van der Waals surface area (Å²) in [4.78, 5) is 26.1. The number of primary amides is 1. The maximum absolute atomic E-state index is 13.1. The fraction of sp³-hybridized carbons (Fsp3) is 0.364. The van der Waals surface area contributed by atoms with Crippen LogP contribution >= 0.6 is 0 Å². The largest absolute Gasteiger partial charge is 0.421 e. The molecule has 3 rings (SSSR count). The first-order chi connectivity index (χ1) is 13.9. The van der Waals surface area contributed by atoms with Crippen LogP contribution in [0.4, 0.5) is 13.2 Å². The van der Waals surface area contributed by atoms with E-state index < -0.39 is 17.7 Å². The van der Waals surface area contributed by atoms with Crippen LogP contribution in [-0.2, 0) is 5.60 Å². The average molecular weight is 420 g/mol. The minimum atomic E-state index is -4.83. The highest BCUT2D eigenvalue weighted by atomic mass is 19.4. The van der Waals surface area contributed by atoms with Crippen molar-refractivity contribution >= 4 is 11.8 Å². The quantitative estimate of drug-likeness (QED) is 0.743. The zero-order valence-electron chi connectivity index (χ0n) is 16.6. The number of hydrogen-bond acceptors (Lipinski definition) is 3. The number of carbonyl (C=O) groups excluding carboxylic acids is 2. The molecule has 30 heavy (non-hydrogen) atoms. The maximum Gasteiger partial charge on any atom is 0.421 e. The third-order valence-electron chi connectivity index (χ3n) is 5.52. The number of amides is 2. The molecular weight excluding hydrogens is 397 g/mol. The predicted molar refractivity (Wildman–Crippen MR) is 105 cm³/mol. The third kappa shape index (κ3) is 4.18. The second-order valence-electron chi connectivity index (χ2n) is 7.75. The predicted octanol–water partition coefficient (Wildman–Crippen LogP) is 3.92. The number of aliphatic hydroxyl groups is 1. The summed E-state index contributed by atoms with van der Waals surface area (Å²) in [5.41, 5.74) is 3.35. The maximum atomic E-state index is 13.1. The molecule has 160 valence electrons. The minimum Gasteiger partial charge on any atom is -0.376 e. The molecule has 0 radical (unpaired) electrons. The molecule has 0 aromatic heterocycles. The Kier molecular flexibility index (Phi) is 5.64. The van der Waals surface area contributed by atoms with Gasteiger partial charge in [0.1, 0.15) is 0 Å². The van der Waals surface area contributed by atoms with Gasteiger partial charge in [0, 0.05) is 17.2 Å². The summed E-state index contributed by atoms with van der Waals surface area (Å²) >= 11 is 0. The van der Waals surface area contributed by atoms with Gasteiger partial charge in [0.25, 0.3) is 5.91 Å². The summed E-state index contributed by atoms with van der Waals surface area (Å²) in [6.07, 6.45) is -3.14. The molecule has 8 heteroatoms. The molecule has 1 aliphatic carbocycles. The van der Waals surface area contributed by atoms with Crippen LogP contribution in [0.25, 0.3) is 0 Å². The lowest BCUT2D eigenvalue weighted by molar-refractivity contribution is -0.258. The van der Waals surface area contributed by atoms with Crippen LogP contribution in [0.5, 0.6) is 0 Å². The van der Waals surface area contributed by atoms with Crippen molar-refractivity contribution in [2.75, 3.05) is 0 Å². The zero-order chi connectivity index (χ0) is 22.3. The van der Waals surface area contributed by atoms with Crippen molar-refractivity contribution in [2.45, 2.75) is 50.6 Å². The number of halogens is 3. The SMILES string of the molecule is C[C@@H](c1ccc(C(N)=O)cc1)N(C(=O)c1ccc([C@](C)(O)C(F)(F)F)cc1)C1CC1. The fourth-order valence-electron chi connectivity index (χ4n) is 3.35. The van der Waals surface area contributed by atoms with E-state index in [9.17, 15) is 27.9 Å². The molecule has 0 heterocycles. The van der Waals surface area contributed by atoms with Crippen molar-refractivity contribution in [3.05, 3.63) is 70.8 Å². The van der Waals surface area contributed by atoms with Crippen LogP contribution in [0.15, 0.2) is 48.5 Å². The van der Waals surface area contributed by atoms with Gasteiger partial charge in [-0.15, -0.1) is 0 Å². The number of nitrogens with two attached hydrogens (primary N) is 1. The van der Waals surface area contributed by atoms with Crippen molar-refractivity contribution < 1.29 is 27.9 Å². The Hall–Kier alpha value is -2.87.